The Morgan fingerprint density at radius 1 is 1.06 bits per heavy atom. The van der Waals surface area contributed by atoms with E-state index < -0.39 is 0 Å². The van der Waals surface area contributed by atoms with E-state index in [1.54, 1.807) is 11.8 Å². The van der Waals surface area contributed by atoms with Gasteiger partial charge in [0.25, 0.3) is 0 Å². The minimum absolute atomic E-state index is 0.750. The second-order valence-corrected chi connectivity index (χ2v) is 4.89. The molecule has 0 unspecified atom stereocenters. The van der Waals surface area contributed by atoms with Gasteiger partial charge < -0.3 is 5.73 Å². The van der Waals surface area contributed by atoms with E-state index in [-0.39, 0.29) is 0 Å². The second-order valence-electron chi connectivity index (χ2n) is 3.46. The lowest BCUT2D eigenvalue weighted by Crippen LogP contribution is -1.86. The largest absolute Gasteiger partial charge is 0.399 e. The third-order valence-corrected chi connectivity index (χ3v) is 3.76. The van der Waals surface area contributed by atoms with E-state index in [0.717, 1.165) is 21.4 Å². The van der Waals surface area contributed by atoms with Crippen LogP contribution >= 0.6 is 23.4 Å². The fourth-order valence-corrected chi connectivity index (χ4v) is 2.59. The van der Waals surface area contributed by atoms with Gasteiger partial charge in [-0.15, -0.1) is 11.8 Å². The third kappa shape index (κ3) is 2.94. The van der Waals surface area contributed by atoms with Crippen molar-refractivity contribution in [1.29, 1.82) is 0 Å². The molecule has 82 valence electrons. The predicted molar refractivity (Wildman–Crippen MR) is 71.9 cm³/mol. The molecule has 0 saturated heterocycles. The molecule has 0 aliphatic carbocycles. The van der Waals surface area contributed by atoms with Gasteiger partial charge in [-0.1, -0.05) is 41.9 Å². The molecule has 0 amide bonds. The zero-order valence-corrected chi connectivity index (χ0v) is 10.3. The number of nitrogens with two attached hydrogens (primary N) is 1. The molecule has 2 N–H and O–H groups in total. The molecule has 3 heteroatoms. The van der Waals surface area contributed by atoms with Gasteiger partial charge in [0, 0.05) is 16.3 Å². The summed E-state index contributed by atoms with van der Waals surface area (Å²) in [4.78, 5) is 1.03. The first-order chi connectivity index (χ1) is 7.75. The number of benzene rings is 2. The SMILES string of the molecule is Nc1ccc(Cl)c(SCc2ccccc2)c1. The van der Waals surface area contributed by atoms with Gasteiger partial charge in [0.1, 0.15) is 0 Å². The summed E-state index contributed by atoms with van der Waals surface area (Å²) in [5.41, 5.74) is 7.76. The predicted octanol–water partition coefficient (Wildman–Crippen LogP) is 4.21. The van der Waals surface area contributed by atoms with Gasteiger partial charge >= 0.3 is 0 Å². The molecular formula is C13H12ClNS. The fraction of sp³-hybridized carbons (Fsp3) is 0.0769. The van der Waals surface area contributed by atoms with Crippen molar-refractivity contribution in [2.45, 2.75) is 10.6 Å². The number of thioether (sulfide) groups is 1. The number of nitrogen functional groups attached to an aromatic ring is 1. The standard InChI is InChI=1S/C13H12ClNS/c14-12-7-6-11(15)8-13(12)16-9-10-4-2-1-3-5-10/h1-8H,9,15H2. The first-order valence-electron chi connectivity index (χ1n) is 4.97. The highest BCUT2D eigenvalue weighted by Crippen LogP contribution is 2.31. The van der Waals surface area contributed by atoms with Crippen LogP contribution in [0.1, 0.15) is 5.56 Å². The molecule has 0 radical (unpaired) electrons. The second kappa shape index (κ2) is 5.28. The molecule has 2 aromatic carbocycles. The zero-order valence-electron chi connectivity index (χ0n) is 8.69. The summed E-state index contributed by atoms with van der Waals surface area (Å²) in [6.07, 6.45) is 0. The van der Waals surface area contributed by atoms with Gasteiger partial charge in [0.15, 0.2) is 0 Å². The van der Waals surface area contributed by atoms with Crippen molar-refractivity contribution in [1.82, 2.24) is 0 Å². The average Bonchev–Trinajstić information content (AvgIpc) is 2.32. The van der Waals surface area contributed by atoms with Crippen LogP contribution < -0.4 is 5.73 Å². The molecule has 2 rings (SSSR count). The summed E-state index contributed by atoms with van der Waals surface area (Å²) in [5, 5.41) is 0.759. The Morgan fingerprint density at radius 2 is 1.81 bits per heavy atom. The first kappa shape index (κ1) is 11.4. The lowest BCUT2D eigenvalue weighted by Gasteiger charge is -2.05. The van der Waals surface area contributed by atoms with Gasteiger partial charge in [-0.25, -0.2) is 0 Å². The van der Waals surface area contributed by atoms with Gasteiger partial charge in [0.2, 0.25) is 0 Å². The summed E-state index contributed by atoms with van der Waals surface area (Å²) in [6, 6.07) is 15.9. The van der Waals surface area contributed by atoms with E-state index in [1.165, 1.54) is 5.56 Å². The highest BCUT2D eigenvalue weighted by molar-refractivity contribution is 7.98. The van der Waals surface area contributed by atoms with Gasteiger partial charge in [-0.05, 0) is 23.8 Å². The number of hydrogen-bond donors (Lipinski definition) is 1. The van der Waals surface area contributed by atoms with Crippen LogP contribution in [-0.4, -0.2) is 0 Å². The number of halogens is 1. The highest BCUT2D eigenvalue weighted by Gasteiger charge is 2.02. The summed E-state index contributed by atoms with van der Waals surface area (Å²) in [5.74, 6) is 0.907. The molecule has 2 aromatic rings. The van der Waals surface area contributed by atoms with Crippen molar-refractivity contribution in [2.75, 3.05) is 5.73 Å². The highest BCUT2D eigenvalue weighted by atomic mass is 35.5. The van der Waals surface area contributed by atoms with Crippen LogP contribution in [0.5, 0.6) is 0 Å². The fourth-order valence-electron chi connectivity index (χ4n) is 1.37. The minimum Gasteiger partial charge on any atom is -0.399 e. The minimum atomic E-state index is 0.750. The lowest BCUT2D eigenvalue weighted by molar-refractivity contribution is 1.38. The maximum absolute atomic E-state index is 6.09. The van der Waals surface area contributed by atoms with E-state index in [2.05, 4.69) is 12.1 Å². The van der Waals surface area contributed by atoms with Crippen LogP contribution in [0.15, 0.2) is 53.4 Å². The molecule has 1 nitrogen and oxygen atoms in total. The van der Waals surface area contributed by atoms with E-state index in [1.807, 2.05) is 36.4 Å². The van der Waals surface area contributed by atoms with Gasteiger partial charge in [-0.2, -0.15) is 0 Å². The van der Waals surface area contributed by atoms with Crippen molar-refractivity contribution >= 4 is 29.1 Å². The molecule has 0 aromatic heterocycles. The van der Waals surface area contributed by atoms with Crippen LogP contribution in [0, 0.1) is 0 Å². The summed E-state index contributed by atoms with van der Waals surface area (Å²) >= 11 is 7.79. The van der Waals surface area contributed by atoms with Crippen LogP contribution in [0.3, 0.4) is 0 Å². The zero-order chi connectivity index (χ0) is 11.4. The molecule has 0 fully saturated rings. The van der Waals surface area contributed by atoms with Crippen LogP contribution in [0.2, 0.25) is 5.02 Å². The Morgan fingerprint density at radius 3 is 2.56 bits per heavy atom. The lowest BCUT2D eigenvalue weighted by atomic mass is 10.2. The number of hydrogen-bond acceptors (Lipinski definition) is 2. The summed E-state index contributed by atoms with van der Waals surface area (Å²) in [6.45, 7) is 0. The Hall–Kier alpha value is -1.12. The molecule has 0 bridgehead atoms. The van der Waals surface area contributed by atoms with Gasteiger partial charge in [0.05, 0.1) is 5.02 Å². The Kier molecular flexibility index (Phi) is 3.75. The monoisotopic (exact) mass is 249 g/mol. The maximum Gasteiger partial charge on any atom is 0.0543 e. The summed E-state index contributed by atoms with van der Waals surface area (Å²) in [7, 11) is 0. The number of rotatable bonds is 3. The van der Waals surface area contributed by atoms with E-state index in [0.29, 0.717) is 0 Å². The van der Waals surface area contributed by atoms with Gasteiger partial charge in [-0.3, -0.25) is 0 Å². The first-order valence-corrected chi connectivity index (χ1v) is 6.34. The molecule has 0 atom stereocenters. The molecule has 0 aliphatic heterocycles. The van der Waals surface area contributed by atoms with E-state index in [9.17, 15) is 0 Å². The molecule has 0 spiro atoms. The molecule has 0 saturated carbocycles. The Balaban J connectivity index is 2.08. The van der Waals surface area contributed by atoms with E-state index >= 15 is 0 Å². The third-order valence-electron chi connectivity index (χ3n) is 2.19. The molecule has 16 heavy (non-hydrogen) atoms. The van der Waals surface area contributed by atoms with Crippen LogP contribution in [0.25, 0.3) is 0 Å². The molecule has 0 heterocycles. The van der Waals surface area contributed by atoms with Crippen molar-refractivity contribution < 1.29 is 0 Å². The quantitative estimate of drug-likeness (QED) is 0.651. The Bertz CT molecular complexity index is 471. The summed E-state index contributed by atoms with van der Waals surface area (Å²) < 4.78 is 0. The topological polar surface area (TPSA) is 26.0 Å². The Labute approximate surface area is 105 Å². The smallest absolute Gasteiger partial charge is 0.0543 e. The van der Waals surface area contributed by atoms with Crippen LogP contribution in [0.4, 0.5) is 5.69 Å². The normalized spacial score (nSPS) is 10.3. The van der Waals surface area contributed by atoms with Crippen molar-refractivity contribution in [2.24, 2.45) is 0 Å². The molecule has 0 aliphatic rings. The van der Waals surface area contributed by atoms with Crippen molar-refractivity contribution in [3.8, 4) is 0 Å². The van der Waals surface area contributed by atoms with Crippen molar-refractivity contribution in [3.63, 3.8) is 0 Å². The van der Waals surface area contributed by atoms with E-state index in [4.69, 9.17) is 17.3 Å². The number of anilines is 1. The van der Waals surface area contributed by atoms with Crippen LogP contribution in [-0.2, 0) is 5.75 Å². The van der Waals surface area contributed by atoms with Crippen molar-refractivity contribution in [3.05, 3.63) is 59.1 Å². The molecular weight excluding hydrogens is 238 g/mol. The maximum atomic E-state index is 6.09. The average molecular weight is 250 g/mol.